The maximum Gasteiger partial charge on any atom is 0.232 e. The van der Waals surface area contributed by atoms with Crippen molar-refractivity contribution < 1.29 is 9.18 Å². The molecule has 1 amide bonds. The van der Waals surface area contributed by atoms with Crippen molar-refractivity contribution in [3.05, 3.63) is 35.6 Å². The van der Waals surface area contributed by atoms with Crippen LogP contribution in [0.1, 0.15) is 32.3 Å². The number of rotatable bonds is 2. The molecular formula is C18H26ClFN2O. The lowest BCUT2D eigenvalue weighted by Gasteiger charge is -2.32. The van der Waals surface area contributed by atoms with E-state index in [4.69, 9.17) is 0 Å². The Kier molecular flexibility index (Phi) is 5.69. The molecule has 0 aromatic heterocycles. The molecule has 0 saturated carbocycles. The topological polar surface area (TPSA) is 32.3 Å². The van der Waals surface area contributed by atoms with E-state index in [1.54, 1.807) is 12.1 Å². The molecular weight excluding hydrogens is 315 g/mol. The Balaban J connectivity index is 0.00000192. The lowest BCUT2D eigenvalue weighted by molar-refractivity contribution is -0.136. The Morgan fingerprint density at radius 2 is 1.65 bits per heavy atom. The first-order valence-electron chi connectivity index (χ1n) is 8.24. The van der Waals surface area contributed by atoms with Gasteiger partial charge in [-0.05, 0) is 69.3 Å². The van der Waals surface area contributed by atoms with Crippen LogP contribution < -0.4 is 5.32 Å². The summed E-state index contributed by atoms with van der Waals surface area (Å²) in [6, 6.07) is 6.32. The summed E-state index contributed by atoms with van der Waals surface area (Å²) < 4.78 is 13.1. The van der Waals surface area contributed by atoms with Gasteiger partial charge in [0, 0.05) is 13.1 Å². The summed E-state index contributed by atoms with van der Waals surface area (Å²) in [6.07, 6.45) is 2.17. The summed E-state index contributed by atoms with van der Waals surface area (Å²) in [5, 5.41) is 3.46. The molecule has 1 N–H and O–H groups in total. The summed E-state index contributed by atoms with van der Waals surface area (Å²) in [5.41, 5.74) is 0.274. The van der Waals surface area contributed by atoms with Gasteiger partial charge in [0.25, 0.3) is 0 Å². The van der Waals surface area contributed by atoms with E-state index in [-0.39, 0.29) is 24.1 Å². The van der Waals surface area contributed by atoms with Gasteiger partial charge in [-0.3, -0.25) is 4.79 Å². The van der Waals surface area contributed by atoms with E-state index in [1.807, 2.05) is 18.7 Å². The van der Waals surface area contributed by atoms with Gasteiger partial charge in [-0.15, -0.1) is 12.4 Å². The standard InChI is InChI=1S/C18H25FN2O.ClH/c1-18(2,15-3-5-16(19)6-4-15)17(22)21-9-7-13-11-20-12-14(13)8-10-21;/h3-6,13-14,20H,7-12H2,1-2H3;1H/t13-,14+;. The second-order valence-corrected chi connectivity index (χ2v) is 7.18. The van der Waals surface area contributed by atoms with Crippen molar-refractivity contribution in [2.45, 2.75) is 32.1 Å². The minimum Gasteiger partial charge on any atom is -0.342 e. The monoisotopic (exact) mass is 340 g/mol. The molecule has 23 heavy (non-hydrogen) atoms. The minimum atomic E-state index is -0.606. The van der Waals surface area contributed by atoms with Crippen LogP contribution in [0, 0.1) is 17.7 Å². The third-order valence-corrected chi connectivity index (χ3v) is 5.41. The number of carbonyl (C=O) groups is 1. The molecule has 2 saturated heterocycles. The number of hydrogen-bond acceptors (Lipinski definition) is 2. The second-order valence-electron chi connectivity index (χ2n) is 7.18. The highest BCUT2D eigenvalue weighted by Gasteiger charge is 2.37. The predicted octanol–water partition coefficient (Wildman–Crippen LogP) is 2.98. The average Bonchev–Trinajstić information content (AvgIpc) is 2.86. The first-order valence-corrected chi connectivity index (χ1v) is 8.24. The van der Waals surface area contributed by atoms with E-state index in [0.717, 1.165) is 44.6 Å². The molecule has 0 bridgehead atoms. The van der Waals surface area contributed by atoms with Gasteiger partial charge in [-0.1, -0.05) is 12.1 Å². The van der Waals surface area contributed by atoms with Gasteiger partial charge in [0.15, 0.2) is 0 Å². The number of nitrogens with one attached hydrogen (secondary N) is 1. The Bertz CT molecular complexity index is 532. The van der Waals surface area contributed by atoms with E-state index < -0.39 is 5.41 Å². The van der Waals surface area contributed by atoms with Crippen molar-refractivity contribution in [3.63, 3.8) is 0 Å². The van der Waals surface area contributed by atoms with Gasteiger partial charge >= 0.3 is 0 Å². The fourth-order valence-corrected chi connectivity index (χ4v) is 3.81. The number of hydrogen-bond donors (Lipinski definition) is 1. The number of nitrogens with zero attached hydrogens (tertiary/aromatic N) is 1. The molecule has 128 valence electrons. The maximum absolute atomic E-state index is 13.1. The number of benzene rings is 1. The molecule has 2 aliphatic rings. The SMILES string of the molecule is CC(C)(C(=O)N1CC[C@@H]2CNC[C@@H]2CC1)c1ccc(F)cc1.Cl. The average molecular weight is 341 g/mol. The van der Waals surface area contributed by atoms with Crippen LogP contribution in [0.15, 0.2) is 24.3 Å². The first kappa shape index (κ1) is 18.2. The number of amides is 1. The molecule has 2 atom stereocenters. The molecule has 5 heteroatoms. The summed E-state index contributed by atoms with van der Waals surface area (Å²) in [4.78, 5) is 15.0. The highest BCUT2D eigenvalue weighted by molar-refractivity contribution is 5.87. The number of carbonyl (C=O) groups excluding carboxylic acids is 1. The Hall–Kier alpha value is -1.13. The van der Waals surface area contributed by atoms with Crippen LogP contribution in [0.25, 0.3) is 0 Å². The van der Waals surface area contributed by atoms with E-state index in [0.29, 0.717) is 11.8 Å². The van der Waals surface area contributed by atoms with Crippen LogP contribution in [0.3, 0.4) is 0 Å². The fourth-order valence-electron chi connectivity index (χ4n) is 3.81. The zero-order valence-corrected chi connectivity index (χ0v) is 14.7. The number of halogens is 2. The number of likely N-dealkylation sites (tertiary alicyclic amines) is 1. The number of fused-ring (bicyclic) bond motifs is 1. The summed E-state index contributed by atoms with van der Waals surface area (Å²) in [5.74, 6) is 1.33. The summed E-state index contributed by atoms with van der Waals surface area (Å²) in [6.45, 7) is 7.74. The fraction of sp³-hybridized carbons (Fsp3) is 0.611. The second kappa shape index (κ2) is 7.18. The highest BCUT2D eigenvalue weighted by Crippen LogP contribution is 2.31. The van der Waals surface area contributed by atoms with Crippen molar-refractivity contribution >= 4 is 18.3 Å². The van der Waals surface area contributed by atoms with Crippen LogP contribution in [-0.4, -0.2) is 37.0 Å². The van der Waals surface area contributed by atoms with Crippen LogP contribution in [0.2, 0.25) is 0 Å². The van der Waals surface area contributed by atoms with Crippen molar-refractivity contribution in [3.8, 4) is 0 Å². The van der Waals surface area contributed by atoms with E-state index >= 15 is 0 Å². The molecule has 2 aliphatic heterocycles. The van der Waals surface area contributed by atoms with Gasteiger partial charge in [0.05, 0.1) is 5.41 Å². The van der Waals surface area contributed by atoms with Gasteiger partial charge in [0.1, 0.15) is 5.82 Å². The minimum absolute atomic E-state index is 0. The molecule has 3 rings (SSSR count). The normalized spacial score (nSPS) is 24.6. The van der Waals surface area contributed by atoms with E-state index in [1.165, 1.54) is 12.1 Å². The van der Waals surface area contributed by atoms with Crippen LogP contribution in [-0.2, 0) is 10.2 Å². The zero-order chi connectivity index (χ0) is 15.7. The van der Waals surface area contributed by atoms with E-state index in [2.05, 4.69) is 5.32 Å². The Labute approximate surface area is 144 Å². The van der Waals surface area contributed by atoms with Crippen molar-refractivity contribution in [2.24, 2.45) is 11.8 Å². The maximum atomic E-state index is 13.1. The lowest BCUT2D eigenvalue weighted by Crippen LogP contribution is -2.44. The molecule has 2 fully saturated rings. The summed E-state index contributed by atoms with van der Waals surface area (Å²) >= 11 is 0. The van der Waals surface area contributed by atoms with Crippen LogP contribution in [0.5, 0.6) is 0 Å². The van der Waals surface area contributed by atoms with Gasteiger partial charge in [-0.2, -0.15) is 0 Å². The third-order valence-electron chi connectivity index (χ3n) is 5.41. The molecule has 0 unspecified atom stereocenters. The Morgan fingerprint density at radius 1 is 1.13 bits per heavy atom. The lowest BCUT2D eigenvalue weighted by atomic mass is 9.83. The van der Waals surface area contributed by atoms with Crippen LogP contribution >= 0.6 is 12.4 Å². The van der Waals surface area contributed by atoms with Crippen LogP contribution in [0.4, 0.5) is 4.39 Å². The highest BCUT2D eigenvalue weighted by atomic mass is 35.5. The molecule has 2 heterocycles. The van der Waals surface area contributed by atoms with Gasteiger partial charge < -0.3 is 10.2 Å². The third kappa shape index (κ3) is 3.69. The van der Waals surface area contributed by atoms with E-state index in [9.17, 15) is 9.18 Å². The molecule has 3 nitrogen and oxygen atoms in total. The molecule has 0 radical (unpaired) electrons. The quantitative estimate of drug-likeness (QED) is 0.897. The predicted molar refractivity (Wildman–Crippen MR) is 92.3 cm³/mol. The van der Waals surface area contributed by atoms with Crippen molar-refractivity contribution in [1.82, 2.24) is 10.2 Å². The molecule has 0 aliphatic carbocycles. The first-order chi connectivity index (χ1) is 10.5. The molecule has 1 aromatic carbocycles. The smallest absolute Gasteiger partial charge is 0.232 e. The summed E-state index contributed by atoms with van der Waals surface area (Å²) in [7, 11) is 0. The van der Waals surface area contributed by atoms with Gasteiger partial charge in [0.2, 0.25) is 5.91 Å². The Morgan fingerprint density at radius 3 is 2.17 bits per heavy atom. The zero-order valence-electron chi connectivity index (χ0n) is 13.8. The molecule has 0 spiro atoms. The van der Waals surface area contributed by atoms with Gasteiger partial charge in [-0.25, -0.2) is 4.39 Å². The van der Waals surface area contributed by atoms with Crippen molar-refractivity contribution in [2.75, 3.05) is 26.2 Å². The largest absolute Gasteiger partial charge is 0.342 e. The molecule has 1 aromatic rings. The van der Waals surface area contributed by atoms with Crippen molar-refractivity contribution in [1.29, 1.82) is 0 Å².